The average Bonchev–Trinajstić information content (AvgIpc) is 2.94. The van der Waals surface area contributed by atoms with E-state index < -0.39 is 66.7 Å². The highest BCUT2D eigenvalue weighted by molar-refractivity contribution is 5.91. The summed E-state index contributed by atoms with van der Waals surface area (Å²) in [7, 11) is 1.52. The van der Waals surface area contributed by atoms with E-state index in [2.05, 4.69) is 27.8 Å². The Labute approximate surface area is 239 Å². The molecule has 13 nitrogen and oxygen atoms in total. The van der Waals surface area contributed by atoms with E-state index in [1.54, 1.807) is 24.3 Å². The minimum absolute atomic E-state index is 0.0299. The van der Waals surface area contributed by atoms with Crippen molar-refractivity contribution >= 4 is 23.9 Å². The third kappa shape index (κ3) is 9.08. The SMILES string of the molecule is C=CCNC(=O)OC1CC(O)(C(=O)NC(Cc2ccc(OC)cc2)C(N)=O)CC(NC(=O)NC2CCCCC2)C1O. The predicted octanol–water partition coefficient (Wildman–Crippen LogP) is 0.375. The molecule has 13 heteroatoms. The lowest BCUT2D eigenvalue weighted by atomic mass is 9.77. The molecular weight excluding hydrogens is 534 g/mol. The molecule has 5 amide bonds. The topological polar surface area (TPSA) is 201 Å². The lowest BCUT2D eigenvalue weighted by Gasteiger charge is -2.43. The fourth-order valence-corrected chi connectivity index (χ4v) is 5.20. The molecule has 0 heterocycles. The number of nitrogens with two attached hydrogens (primary N) is 1. The van der Waals surface area contributed by atoms with Crippen molar-refractivity contribution in [3.63, 3.8) is 0 Å². The molecule has 0 bridgehead atoms. The van der Waals surface area contributed by atoms with Gasteiger partial charge in [-0.05, 0) is 30.5 Å². The second-order valence-corrected chi connectivity index (χ2v) is 10.6. The molecule has 2 fully saturated rings. The molecule has 226 valence electrons. The minimum Gasteiger partial charge on any atom is -0.497 e. The molecule has 2 aliphatic carbocycles. The Morgan fingerprint density at radius 2 is 1.80 bits per heavy atom. The number of primary amides is 1. The van der Waals surface area contributed by atoms with Crippen molar-refractivity contribution in [2.24, 2.45) is 5.73 Å². The summed E-state index contributed by atoms with van der Waals surface area (Å²) in [5.74, 6) is -1.18. The lowest BCUT2D eigenvalue weighted by molar-refractivity contribution is -0.159. The molecule has 2 saturated carbocycles. The zero-order chi connectivity index (χ0) is 30.0. The van der Waals surface area contributed by atoms with E-state index in [1.165, 1.54) is 13.2 Å². The van der Waals surface area contributed by atoms with Crippen LogP contribution in [0.25, 0.3) is 0 Å². The van der Waals surface area contributed by atoms with Crippen LogP contribution >= 0.6 is 0 Å². The van der Waals surface area contributed by atoms with Crippen molar-refractivity contribution in [2.45, 2.75) is 87.3 Å². The fraction of sp³-hybridized carbons (Fsp3) is 0.571. The number of hydrogen-bond acceptors (Lipinski definition) is 8. The summed E-state index contributed by atoms with van der Waals surface area (Å²) in [6.07, 6.45) is 1.61. The summed E-state index contributed by atoms with van der Waals surface area (Å²) in [6.45, 7) is 3.59. The van der Waals surface area contributed by atoms with Crippen LogP contribution in [0.1, 0.15) is 50.5 Å². The van der Waals surface area contributed by atoms with Gasteiger partial charge in [0.15, 0.2) is 0 Å². The number of ether oxygens (including phenoxy) is 2. The third-order valence-corrected chi connectivity index (χ3v) is 7.47. The van der Waals surface area contributed by atoms with Crippen molar-refractivity contribution in [3.05, 3.63) is 42.5 Å². The minimum atomic E-state index is -2.22. The number of methoxy groups -OCH3 is 1. The van der Waals surface area contributed by atoms with Crippen molar-refractivity contribution in [2.75, 3.05) is 13.7 Å². The molecule has 5 atom stereocenters. The van der Waals surface area contributed by atoms with Gasteiger partial charge in [-0.25, -0.2) is 9.59 Å². The number of rotatable bonds is 11. The highest BCUT2D eigenvalue weighted by atomic mass is 16.6. The van der Waals surface area contributed by atoms with Gasteiger partial charge in [-0.1, -0.05) is 37.5 Å². The van der Waals surface area contributed by atoms with Gasteiger partial charge in [0, 0.05) is 31.8 Å². The van der Waals surface area contributed by atoms with Crippen molar-refractivity contribution in [3.8, 4) is 5.75 Å². The van der Waals surface area contributed by atoms with Gasteiger partial charge in [-0.2, -0.15) is 0 Å². The smallest absolute Gasteiger partial charge is 0.407 e. The van der Waals surface area contributed by atoms with Crippen LogP contribution in [0.5, 0.6) is 5.75 Å². The summed E-state index contributed by atoms with van der Waals surface area (Å²) in [5.41, 5.74) is 4.01. The number of benzene rings is 1. The van der Waals surface area contributed by atoms with Crippen LogP contribution in [-0.4, -0.2) is 83.7 Å². The number of aliphatic hydroxyl groups excluding tert-OH is 1. The maximum atomic E-state index is 13.4. The first kappa shape index (κ1) is 31.7. The van der Waals surface area contributed by atoms with Crippen LogP contribution < -0.4 is 31.7 Å². The van der Waals surface area contributed by atoms with E-state index in [9.17, 15) is 29.4 Å². The van der Waals surface area contributed by atoms with Crippen molar-refractivity contribution in [1.82, 2.24) is 21.3 Å². The van der Waals surface area contributed by atoms with E-state index in [0.29, 0.717) is 11.3 Å². The number of carbonyl (C=O) groups is 4. The van der Waals surface area contributed by atoms with Gasteiger partial charge in [0.25, 0.3) is 5.91 Å². The van der Waals surface area contributed by atoms with Gasteiger partial charge in [-0.15, -0.1) is 6.58 Å². The molecule has 0 aliphatic heterocycles. The number of urea groups is 1. The Hall–Kier alpha value is -3.84. The summed E-state index contributed by atoms with van der Waals surface area (Å²) in [6, 6.07) is 3.87. The van der Waals surface area contributed by atoms with Gasteiger partial charge < -0.3 is 46.7 Å². The molecule has 1 aromatic carbocycles. The van der Waals surface area contributed by atoms with Gasteiger partial charge in [-0.3, -0.25) is 9.59 Å². The van der Waals surface area contributed by atoms with E-state index >= 15 is 0 Å². The zero-order valence-electron chi connectivity index (χ0n) is 23.3. The highest BCUT2D eigenvalue weighted by Crippen LogP contribution is 2.32. The molecule has 0 radical (unpaired) electrons. The van der Waals surface area contributed by atoms with Gasteiger partial charge in [0.1, 0.15) is 29.6 Å². The fourth-order valence-electron chi connectivity index (χ4n) is 5.20. The monoisotopic (exact) mass is 575 g/mol. The predicted molar refractivity (Wildman–Crippen MR) is 149 cm³/mol. The average molecular weight is 576 g/mol. The first-order valence-corrected chi connectivity index (χ1v) is 13.8. The van der Waals surface area contributed by atoms with Gasteiger partial charge >= 0.3 is 12.1 Å². The molecule has 8 N–H and O–H groups in total. The molecule has 41 heavy (non-hydrogen) atoms. The van der Waals surface area contributed by atoms with Crippen LogP contribution in [-0.2, 0) is 20.7 Å². The molecule has 2 aliphatic rings. The van der Waals surface area contributed by atoms with Crippen LogP contribution in [0.15, 0.2) is 36.9 Å². The Bertz CT molecular complexity index is 1080. The standard InChI is InChI=1S/C28H41N5O8/c1-3-13-30-27(38)41-22-16-28(39,15-21(23(22)34)33-26(37)31-18-7-5-4-6-8-18)25(36)32-20(24(29)35)14-17-9-11-19(40-2)12-10-17/h3,9-12,18,20-23,34,39H,1,4-8,13-16H2,2H3,(H2,29,35)(H,30,38)(H,32,36)(H2,31,33,37). The summed E-state index contributed by atoms with van der Waals surface area (Å²) < 4.78 is 10.5. The Kier molecular flexibility index (Phi) is 11.4. The summed E-state index contributed by atoms with van der Waals surface area (Å²) >= 11 is 0. The number of hydrogen-bond donors (Lipinski definition) is 7. The summed E-state index contributed by atoms with van der Waals surface area (Å²) in [4.78, 5) is 50.7. The maximum Gasteiger partial charge on any atom is 0.407 e. The quantitative estimate of drug-likeness (QED) is 0.183. The molecule has 0 saturated heterocycles. The highest BCUT2D eigenvalue weighted by Gasteiger charge is 2.51. The first-order chi connectivity index (χ1) is 19.5. The maximum absolute atomic E-state index is 13.4. The number of carbonyl (C=O) groups excluding carboxylic acids is 4. The second-order valence-electron chi connectivity index (χ2n) is 10.6. The molecule has 3 rings (SSSR count). The van der Waals surface area contributed by atoms with Crippen molar-refractivity contribution < 1.29 is 38.9 Å². The Balaban J connectivity index is 1.76. The molecule has 0 spiro atoms. The van der Waals surface area contributed by atoms with E-state index in [0.717, 1.165) is 32.1 Å². The Morgan fingerprint density at radius 3 is 2.41 bits per heavy atom. The van der Waals surface area contributed by atoms with Crippen LogP contribution in [0.2, 0.25) is 0 Å². The number of alkyl carbamates (subject to hydrolysis) is 1. The third-order valence-electron chi connectivity index (χ3n) is 7.47. The van der Waals surface area contributed by atoms with Gasteiger partial charge in [0.05, 0.1) is 13.2 Å². The number of amides is 5. The normalized spacial score (nSPS) is 25.2. The number of aliphatic hydroxyl groups is 2. The summed E-state index contributed by atoms with van der Waals surface area (Å²) in [5, 5.41) is 32.9. The van der Waals surface area contributed by atoms with Crippen LogP contribution in [0.3, 0.4) is 0 Å². The molecule has 1 aromatic rings. The van der Waals surface area contributed by atoms with E-state index in [1.807, 2.05) is 0 Å². The molecule has 0 aromatic heterocycles. The van der Waals surface area contributed by atoms with E-state index in [-0.39, 0.29) is 19.0 Å². The number of nitrogens with one attached hydrogen (secondary N) is 4. The first-order valence-electron chi connectivity index (χ1n) is 13.8. The van der Waals surface area contributed by atoms with Crippen molar-refractivity contribution in [1.29, 1.82) is 0 Å². The van der Waals surface area contributed by atoms with Crippen LogP contribution in [0.4, 0.5) is 9.59 Å². The Morgan fingerprint density at radius 1 is 1.12 bits per heavy atom. The lowest BCUT2D eigenvalue weighted by Crippen LogP contribution is -2.66. The van der Waals surface area contributed by atoms with E-state index in [4.69, 9.17) is 15.2 Å². The largest absolute Gasteiger partial charge is 0.497 e. The molecular formula is C28H41N5O8. The van der Waals surface area contributed by atoms with Crippen LogP contribution in [0, 0.1) is 0 Å². The second kappa shape index (κ2) is 14.7. The van der Waals surface area contributed by atoms with Gasteiger partial charge in [0.2, 0.25) is 5.91 Å². The zero-order valence-corrected chi connectivity index (χ0v) is 23.3. The molecule has 5 unspecified atom stereocenters.